The summed E-state index contributed by atoms with van der Waals surface area (Å²) in [7, 11) is -3.99. The maximum absolute atomic E-state index is 10.7. The van der Waals surface area contributed by atoms with Gasteiger partial charge in [0.25, 0.3) is 0 Å². The Labute approximate surface area is 75.8 Å². The second kappa shape index (κ2) is 6.99. The minimum Gasteiger partial charge on any atom is -0.412 e. The molecule has 0 fully saturated rings. The molecule has 0 saturated carbocycles. The molecule has 7 N–H and O–H groups in total. The van der Waals surface area contributed by atoms with Gasteiger partial charge in [-0.25, -0.2) is 0 Å². The van der Waals surface area contributed by atoms with Gasteiger partial charge in [-0.3, -0.25) is 9.36 Å². The molecule has 0 radical (unpaired) electrons. The van der Waals surface area contributed by atoms with E-state index in [0.29, 0.717) is 0 Å². The van der Waals surface area contributed by atoms with Crippen molar-refractivity contribution in [3.63, 3.8) is 0 Å². The predicted molar refractivity (Wildman–Crippen MR) is 47.2 cm³/mol. The fraction of sp³-hybridized carbons (Fsp3) is 0.800. The minimum absolute atomic E-state index is 0. The van der Waals surface area contributed by atoms with Gasteiger partial charge >= 0.3 is 7.60 Å². The Balaban J connectivity index is 0. The van der Waals surface area contributed by atoms with Gasteiger partial charge in [-0.1, -0.05) is 0 Å². The molecule has 0 aromatic rings. The summed E-state index contributed by atoms with van der Waals surface area (Å²) in [5, 5.41) is 2.33. The largest absolute Gasteiger partial charge is 0.412 e. The molecule has 13 heavy (non-hydrogen) atoms. The first kappa shape index (κ1) is 15.0. The van der Waals surface area contributed by atoms with Crippen LogP contribution in [0.4, 0.5) is 0 Å². The number of amides is 1. The molecule has 7 nitrogen and oxygen atoms in total. The van der Waals surface area contributed by atoms with Crippen molar-refractivity contribution >= 4 is 13.5 Å². The highest BCUT2D eigenvalue weighted by atomic mass is 31.2. The van der Waals surface area contributed by atoms with Crippen LogP contribution in [0.2, 0.25) is 0 Å². The zero-order valence-electron chi connectivity index (χ0n) is 7.06. The number of nitrogens with two attached hydrogens (primary N) is 1. The summed E-state index contributed by atoms with van der Waals surface area (Å²) in [6, 6.07) is 0. The van der Waals surface area contributed by atoms with Gasteiger partial charge < -0.3 is 26.3 Å². The topological polar surface area (TPSA) is 144 Å². The van der Waals surface area contributed by atoms with E-state index in [0.717, 1.165) is 0 Å². The molecule has 0 spiro atoms. The van der Waals surface area contributed by atoms with Gasteiger partial charge in [-0.15, -0.1) is 0 Å². The molecule has 0 aliphatic heterocycles. The predicted octanol–water partition coefficient (Wildman–Crippen LogP) is -2.20. The molecule has 0 atom stereocenters. The van der Waals surface area contributed by atoms with Crippen molar-refractivity contribution in [3.05, 3.63) is 0 Å². The lowest BCUT2D eigenvalue weighted by molar-refractivity contribution is -0.120. The lowest BCUT2D eigenvalue weighted by Crippen LogP contribution is -2.28. The lowest BCUT2D eigenvalue weighted by Gasteiger charge is -2.04. The summed E-state index contributed by atoms with van der Waals surface area (Å²) in [6.45, 7) is 0.227. The smallest absolute Gasteiger partial charge is 0.327 e. The van der Waals surface area contributed by atoms with Crippen LogP contribution in [0, 0.1) is 0 Å². The van der Waals surface area contributed by atoms with E-state index in [1.807, 2.05) is 0 Å². The number of carbonyl (C=O) groups is 1. The third kappa shape index (κ3) is 11.5. The normalized spacial score (nSPS) is 10.4. The van der Waals surface area contributed by atoms with E-state index in [4.69, 9.17) is 15.5 Å². The van der Waals surface area contributed by atoms with Crippen molar-refractivity contribution in [2.45, 2.75) is 6.42 Å². The van der Waals surface area contributed by atoms with E-state index in [1.165, 1.54) is 0 Å². The van der Waals surface area contributed by atoms with Crippen LogP contribution in [-0.4, -0.2) is 40.4 Å². The SMILES string of the molecule is NCCC(=O)NCCP(=O)(O)O.O. The van der Waals surface area contributed by atoms with Gasteiger partial charge in [0.15, 0.2) is 0 Å². The number of hydrogen-bond donors (Lipinski definition) is 4. The van der Waals surface area contributed by atoms with Crippen LogP contribution in [0.1, 0.15) is 6.42 Å². The first-order valence-corrected chi connectivity index (χ1v) is 5.27. The molecule has 8 heteroatoms. The van der Waals surface area contributed by atoms with Gasteiger partial charge in [-0.05, 0) is 0 Å². The summed E-state index contributed by atoms with van der Waals surface area (Å²) >= 11 is 0. The molecule has 0 saturated heterocycles. The van der Waals surface area contributed by atoms with Crippen molar-refractivity contribution in [3.8, 4) is 0 Å². The molecule has 0 unspecified atom stereocenters. The zero-order valence-corrected chi connectivity index (χ0v) is 7.96. The molecule has 0 heterocycles. The van der Waals surface area contributed by atoms with Gasteiger partial charge in [0.1, 0.15) is 0 Å². The highest BCUT2D eigenvalue weighted by Crippen LogP contribution is 2.32. The second-order valence-electron chi connectivity index (χ2n) is 2.28. The summed E-state index contributed by atoms with van der Waals surface area (Å²) in [6.07, 6.45) is -0.148. The first-order chi connectivity index (χ1) is 5.45. The maximum Gasteiger partial charge on any atom is 0.327 e. The molecular formula is C5H15N2O5P. The number of hydrogen-bond acceptors (Lipinski definition) is 3. The third-order valence-electron chi connectivity index (χ3n) is 1.10. The average Bonchev–Trinajstić information content (AvgIpc) is 1.84. The van der Waals surface area contributed by atoms with Crippen LogP contribution >= 0.6 is 7.60 Å². The van der Waals surface area contributed by atoms with Crippen LogP contribution in [0.15, 0.2) is 0 Å². The Bertz CT molecular complexity index is 191. The van der Waals surface area contributed by atoms with Crippen molar-refractivity contribution < 1.29 is 24.6 Å². The molecule has 0 rings (SSSR count). The lowest BCUT2D eigenvalue weighted by atomic mass is 10.4. The van der Waals surface area contributed by atoms with Crippen molar-refractivity contribution in [1.82, 2.24) is 5.32 Å². The minimum atomic E-state index is -3.99. The van der Waals surface area contributed by atoms with Crippen LogP contribution in [0.25, 0.3) is 0 Å². The monoisotopic (exact) mass is 214 g/mol. The van der Waals surface area contributed by atoms with Crippen molar-refractivity contribution in [1.29, 1.82) is 0 Å². The number of carbonyl (C=O) groups excluding carboxylic acids is 1. The van der Waals surface area contributed by atoms with E-state index in [2.05, 4.69) is 5.32 Å². The van der Waals surface area contributed by atoms with Crippen molar-refractivity contribution in [2.24, 2.45) is 5.73 Å². The Morgan fingerprint density at radius 1 is 1.46 bits per heavy atom. The summed E-state index contributed by atoms with van der Waals surface area (Å²) in [5.74, 6) is -0.286. The van der Waals surface area contributed by atoms with Gasteiger partial charge in [0.2, 0.25) is 5.91 Å². The first-order valence-electron chi connectivity index (χ1n) is 3.47. The van der Waals surface area contributed by atoms with E-state index in [9.17, 15) is 9.36 Å². The number of nitrogens with one attached hydrogen (secondary N) is 1. The van der Waals surface area contributed by atoms with Crippen LogP contribution < -0.4 is 11.1 Å². The van der Waals surface area contributed by atoms with Crippen LogP contribution in [0.3, 0.4) is 0 Å². The Kier molecular flexibility index (Phi) is 8.09. The molecule has 1 amide bonds. The van der Waals surface area contributed by atoms with Gasteiger partial charge in [-0.2, -0.15) is 0 Å². The van der Waals surface area contributed by atoms with Crippen LogP contribution in [-0.2, 0) is 9.36 Å². The summed E-state index contributed by atoms with van der Waals surface area (Å²) in [4.78, 5) is 27.5. The molecule has 80 valence electrons. The Morgan fingerprint density at radius 3 is 2.38 bits per heavy atom. The summed E-state index contributed by atoms with van der Waals surface area (Å²) < 4.78 is 10.3. The molecule has 0 aromatic carbocycles. The second-order valence-corrected chi connectivity index (χ2v) is 4.05. The van der Waals surface area contributed by atoms with Gasteiger partial charge in [0.05, 0.1) is 6.16 Å². The third-order valence-corrected chi connectivity index (χ3v) is 1.90. The molecule has 0 aliphatic carbocycles. The highest BCUT2D eigenvalue weighted by Gasteiger charge is 2.12. The summed E-state index contributed by atoms with van der Waals surface area (Å²) in [5.41, 5.74) is 5.07. The maximum atomic E-state index is 10.7. The van der Waals surface area contributed by atoms with Crippen LogP contribution in [0.5, 0.6) is 0 Å². The fourth-order valence-electron chi connectivity index (χ4n) is 0.560. The highest BCUT2D eigenvalue weighted by molar-refractivity contribution is 7.51. The molecular weight excluding hydrogens is 199 g/mol. The quantitative estimate of drug-likeness (QED) is 0.384. The molecule has 0 aromatic heterocycles. The van der Waals surface area contributed by atoms with E-state index < -0.39 is 7.60 Å². The zero-order chi connectivity index (χ0) is 9.61. The van der Waals surface area contributed by atoms with E-state index in [1.54, 1.807) is 0 Å². The molecule has 0 aliphatic rings. The average molecular weight is 214 g/mol. The Morgan fingerprint density at radius 2 is 2.00 bits per heavy atom. The fourth-order valence-corrected chi connectivity index (χ4v) is 0.964. The van der Waals surface area contributed by atoms with E-state index >= 15 is 0 Å². The van der Waals surface area contributed by atoms with Crippen molar-refractivity contribution in [2.75, 3.05) is 19.3 Å². The number of rotatable bonds is 5. The van der Waals surface area contributed by atoms with E-state index in [-0.39, 0.29) is 37.1 Å². The Hall–Kier alpha value is -0.460. The van der Waals surface area contributed by atoms with Gasteiger partial charge in [0, 0.05) is 19.5 Å². The standard InChI is InChI=1S/C5H13N2O4P.H2O/c6-2-1-5(8)7-3-4-12(9,10)11;/h1-4,6H2,(H,7,8)(H2,9,10,11);1H2. The molecule has 0 bridgehead atoms.